The maximum absolute atomic E-state index is 5.86. The molecule has 1 aromatic rings. The van der Waals surface area contributed by atoms with Gasteiger partial charge < -0.3 is 10.6 Å². The molecule has 0 unspecified atom stereocenters. The first-order valence-corrected chi connectivity index (χ1v) is 6.03. The molecule has 0 saturated carbocycles. The van der Waals surface area contributed by atoms with Crippen molar-refractivity contribution < 1.29 is 10.6 Å². The zero-order chi connectivity index (χ0) is 10.7. The van der Waals surface area contributed by atoms with Crippen LogP contribution >= 0.6 is 11.6 Å². The first-order valence-electron chi connectivity index (χ1n) is 5.65. The van der Waals surface area contributed by atoms with E-state index >= 15 is 0 Å². The van der Waals surface area contributed by atoms with Crippen molar-refractivity contribution in [3.05, 3.63) is 34.9 Å². The van der Waals surface area contributed by atoms with Crippen LogP contribution in [-0.4, -0.2) is 19.1 Å². The third-order valence-corrected chi connectivity index (χ3v) is 3.43. The van der Waals surface area contributed by atoms with Gasteiger partial charge in [-0.2, -0.15) is 0 Å². The third-order valence-electron chi connectivity index (χ3n) is 3.18. The highest BCUT2D eigenvalue weighted by Gasteiger charge is 2.21. The van der Waals surface area contributed by atoms with E-state index in [2.05, 4.69) is 17.9 Å². The zero-order valence-corrected chi connectivity index (χ0v) is 9.76. The van der Waals surface area contributed by atoms with Crippen molar-refractivity contribution in [3.8, 4) is 0 Å². The number of hydrogen-bond acceptors (Lipinski definition) is 0. The molecule has 1 fully saturated rings. The first-order chi connectivity index (χ1) is 7.24. The van der Waals surface area contributed by atoms with E-state index in [1.54, 1.807) is 4.90 Å². The Morgan fingerprint density at radius 2 is 1.80 bits per heavy atom. The SMILES string of the molecule is [NH3+]C1CC[NH+](Cc2ccc(Cl)cc2)CC1. The Hall–Kier alpha value is -0.570. The molecule has 0 bridgehead atoms. The predicted octanol–water partition coefficient (Wildman–Crippen LogP) is 0.129. The molecule has 0 aliphatic carbocycles. The highest BCUT2D eigenvalue weighted by Crippen LogP contribution is 2.08. The van der Waals surface area contributed by atoms with Crippen LogP contribution in [0, 0.1) is 0 Å². The number of halogens is 1. The summed E-state index contributed by atoms with van der Waals surface area (Å²) in [6.45, 7) is 3.65. The lowest BCUT2D eigenvalue weighted by Gasteiger charge is -2.25. The number of nitrogens with one attached hydrogen (secondary N) is 1. The molecule has 1 aliphatic rings. The van der Waals surface area contributed by atoms with Gasteiger partial charge in [-0.3, -0.25) is 0 Å². The third kappa shape index (κ3) is 3.20. The molecule has 2 rings (SSSR count). The summed E-state index contributed by atoms with van der Waals surface area (Å²) in [5, 5.41) is 0.824. The van der Waals surface area contributed by atoms with E-state index in [4.69, 9.17) is 11.6 Å². The molecule has 3 heteroatoms. The molecule has 1 aromatic carbocycles. The summed E-state index contributed by atoms with van der Waals surface area (Å²) >= 11 is 5.86. The largest absolute Gasteiger partial charge is 0.355 e. The Morgan fingerprint density at radius 3 is 2.40 bits per heavy atom. The van der Waals surface area contributed by atoms with Gasteiger partial charge in [0, 0.05) is 23.4 Å². The van der Waals surface area contributed by atoms with E-state index in [0.29, 0.717) is 6.04 Å². The van der Waals surface area contributed by atoms with Crippen molar-refractivity contribution in [3.63, 3.8) is 0 Å². The van der Waals surface area contributed by atoms with Gasteiger partial charge in [0.25, 0.3) is 0 Å². The minimum Gasteiger partial charge on any atom is -0.355 e. The fraction of sp³-hybridized carbons (Fsp3) is 0.500. The summed E-state index contributed by atoms with van der Waals surface area (Å²) in [7, 11) is 0. The molecule has 0 aromatic heterocycles. The van der Waals surface area contributed by atoms with Gasteiger partial charge in [-0.25, -0.2) is 0 Å². The highest BCUT2D eigenvalue weighted by molar-refractivity contribution is 6.30. The lowest BCUT2D eigenvalue weighted by molar-refractivity contribution is -0.922. The number of benzene rings is 1. The Bertz CT molecular complexity index is 302. The molecule has 1 heterocycles. The van der Waals surface area contributed by atoms with Gasteiger partial charge in [0.1, 0.15) is 6.54 Å². The van der Waals surface area contributed by atoms with Crippen LogP contribution in [0.3, 0.4) is 0 Å². The van der Waals surface area contributed by atoms with Crippen LogP contribution in [0.1, 0.15) is 18.4 Å². The van der Waals surface area contributed by atoms with Crippen LogP contribution in [0.5, 0.6) is 0 Å². The van der Waals surface area contributed by atoms with Gasteiger partial charge >= 0.3 is 0 Å². The molecule has 15 heavy (non-hydrogen) atoms. The molecule has 4 N–H and O–H groups in total. The summed E-state index contributed by atoms with van der Waals surface area (Å²) in [6.07, 6.45) is 2.53. The lowest BCUT2D eigenvalue weighted by Crippen LogP contribution is -3.12. The van der Waals surface area contributed by atoms with Gasteiger partial charge in [0.15, 0.2) is 0 Å². The summed E-state index contributed by atoms with van der Waals surface area (Å²) in [6, 6.07) is 8.89. The molecule has 0 atom stereocenters. The Morgan fingerprint density at radius 1 is 1.20 bits per heavy atom. The molecular weight excluding hydrogens is 208 g/mol. The van der Waals surface area contributed by atoms with E-state index in [0.717, 1.165) is 11.6 Å². The van der Waals surface area contributed by atoms with E-state index in [1.165, 1.54) is 31.5 Å². The number of hydrogen-bond donors (Lipinski definition) is 2. The average molecular weight is 227 g/mol. The molecule has 0 amide bonds. The second kappa shape index (κ2) is 4.97. The lowest BCUT2D eigenvalue weighted by atomic mass is 10.1. The monoisotopic (exact) mass is 226 g/mol. The van der Waals surface area contributed by atoms with Gasteiger partial charge in [-0.1, -0.05) is 23.7 Å². The van der Waals surface area contributed by atoms with Crippen molar-refractivity contribution in [2.45, 2.75) is 25.4 Å². The Labute approximate surface area is 96.0 Å². The van der Waals surface area contributed by atoms with Crippen molar-refractivity contribution in [1.29, 1.82) is 0 Å². The number of quaternary nitrogens is 2. The summed E-state index contributed by atoms with van der Waals surface area (Å²) in [4.78, 5) is 1.68. The fourth-order valence-electron chi connectivity index (χ4n) is 2.15. The second-order valence-electron chi connectivity index (χ2n) is 4.50. The topological polar surface area (TPSA) is 32.1 Å². The molecular formula is C12H19ClN2+2. The van der Waals surface area contributed by atoms with Gasteiger partial charge in [0.05, 0.1) is 19.1 Å². The van der Waals surface area contributed by atoms with Crippen LogP contribution in [0.4, 0.5) is 0 Å². The van der Waals surface area contributed by atoms with Crippen molar-refractivity contribution >= 4 is 11.6 Å². The number of piperidine rings is 1. The second-order valence-corrected chi connectivity index (χ2v) is 4.93. The van der Waals surface area contributed by atoms with Gasteiger partial charge in [0.2, 0.25) is 0 Å². The Balaban J connectivity index is 1.89. The van der Waals surface area contributed by atoms with Crippen LogP contribution < -0.4 is 10.6 Å². The van der Waals surface area contributed by atoms with Crippen molar-refractivity contribution in [2.24, 2.45) is 0 Å². The summed E-state index contributed by atoms with van der Waals surface area (Å²) in [5.74, 6) is 0. The van der Waals surface area contributed by atoms with Crippen LogP contribution in [0.25, 0.3) is 0 Å². The summed E-state index contributed by atoms with van der Waals surface area (Å²) in [5.41, 5.74) is 5.51. The average Bonchev–Trinajstić information content (AvgIpc) is 2.25. The molecule has 2 nitrogen and oxygen atoms in total. The highest BCUT2D eigenvalue weighted by atomic mass is 35.5. The minimum absolute atomic E-state index is 0.680. The summed E-state index contributed by atoms with van der Waals surface area (Å²) < 4.78 is 0. The van der Waals surface area contributed by atoms with Gasteiger partial charge in [-0.05, 0) is 12.1 Å². The maximum Gasteiger partial charge on any atom is 0.103 e. The van der Waals surface area contributed by atoms with E-state index in [1.807, 2.05) is 12.1 Å². The number of likely N-dealkylation sites (tertiary alicyclic amines) is 1. The Kier molecular flexibility index (Phi) is 3.62. The van der Waals surface area contributed by atoms with Crippen LogP contribution in [-0.2, 0) is 6.54 Å². The van der Waals surface area contributed by atoms with E-state index in [-0.39, 0.29) is 0 Å². The van der Waals surface area contributed by atoms with Crippen LogP contribution in [0.15, 0.2) is 24.3 Å². The van der Waals surface area contributed by atoms with Crippen molar-refractivity contribution in [1.82, 2.24) is 0 Å². The number of rotatable bonds is 2. The van der Waals surface area contributed by atoms with E-state index < -0.39 is 0 Å². The zero-order valence-electron chi connectivity index (χ0n) is 9.01. The normalized spacial score (nSPS) is 26.5. The molecule has 1 saturated heterocycles. The molecule has 82 valence electrons. The van der Waals surface area contributed by atoms with Crippen molar-refractivity contribution in [2.75, 3.05) is 13.1 Å². The maximum atomic E-state index is 5.86. The standard InChI is InChI=1S/C12H17ClN2/c13-11-3-1-10(2-4-11)9-15-7-5-12(14)6-8-15/h1-4,12H,5-9,14H2/p+2. The molecule has 1 aliphatic heterocycles. The van der Waals surface area contributed by atoms with Gasteiger partial charge in [-0.15, -0.1) is 0 Å². The smallest absolute Gasteiger partial charge is 0.103 e. The minimum atomic E-state index is 0.680. The first kappa shape index (κ1) is 10.9. The van der Waals surface area contributed by atoms with E-state index in [9.17, 15) is 0 Å². The quantitative estimate of drug-likeness (QED) is 0.719. The van der Waals surface area contributed by atoms with Crippen LogP contribution in [0.2, 0.25) is 5.02 Å². The fourth-order valence-corrected chi connectivity index (χ4v) is 2.28. The predicted molar refractivity (Wildman–Crippen MR) is 61.8 cm³/mol. The molecule has 0 radical (unpaired) electrons. The molecule has 0 spiro atoms.